The molecule has 0 atom stereocenters. The second-order valence-electron chi connectivity index (χ2n) is 8.38. The van der Waals surface area contributed by atoms with Crippen LogP contribution in [0.1, 0.15) is 46.1 Å². The molecule has 32 heavy (non-hydrogen) atoms. The van der Waals surface area contributed by atoms with Gasteiger partial charge in [0.2, 0.25) is 0 Å². The fourth-order valence-electron chi connectivity index (χ4n) is 4.21. The maximum atomic E-state index is 13.2. The number of benzene rings is 2. The number of esters is 1. The lowest BCUT2D eigenvalue weighted by Crippen LogP contribution is -2.33. The van der Waals surface area contributed by atoms with Crippen molar-refractivity contribution in [2.75, 3.05) is 25.0 Å². The Morgan fingerprint density at radius 1 is 1.12 bits per heavy atom. The van der Waals surface area contributed by atoms with Crippen LogP contribution < -0.4 is 5.32 Å². The minimum Gasteiger partial charge on any atom is -0.452 e. The molecule has 1 amide bonds. The molecule has 2 aromatic carbocycles. The fourth-order valence-corrected chi connectivity index (χ4v) is 4.21. The highest BCUT2D eigenvalue weighted by Gasteiger charge is 2.26. The van der Waals surface area contributed by atoms with E-state index in [1.165, 1.54) is 0 Å². The van der Waals surface area contributed by atoms with Gasteiger partial charge in [-0.15, -0.1) is 0 Å². The van der Waals surface area contributed by atoms with Gasteiger partial charge in [-0.25, -0.2) is 4.79 Å². The summed E-state index contributed by atoms with van der Waals surface area (Å²) in [5.74, 6) is -0.838. The topological polar surface area (TPSA) is 71.5 Å². The quantitative estimate of drug-likeness (QED) is 0.585. The van der Waals surface area contributed by atoms with Crippen molar-refractivity contribution in [1.29, 1.82) is 0 Å². The standard InChI is InChI=1S/C26H29N3O3/c1-4-12-29-13-11-23-21(15-29)25(20-7-5-6-8-22(20)28-23)26(31)32-16-24(30)27-19-10-9-17(2)18(3)14-19/h5-10,14H,4,11-13,15-16H2,1-3H3,(H,27,30). The van der Waals surface area contributed by atoms with Crippen LogP contribution in [0.4, 0.5) is 5.69 Å². The molecule has 2 heterocycles. The summed E-state index contributed by atoms with van der Waals surface area (Å²) in [7, 11) is 0. The molecule has 0 unspecified atom stereocenters. The predicted molar refractivity (Wildman–Crippen MR) is 126 cm³/mol. The summed E-state index contributed by atoms with van der Waals surface area (Å²) >= 11 is 0. The monoisotopic (exact) mass is 431 g/mol. The van der Waals surface area contributed by atoms with E-state index in [1.807, 2.05) is 56.3 Å². The first-order valence-electron chi connectivity index (χ1n) is 11.1. The van der Waals surface area contributed by atoms with Crippen LogP contribution in [0.25, 0.3) is 10.9 Å². The number of para-hydroxylation sites is 1. The summed E-state index contributed by atoms with van der Waals surface area (Å²) < 4.78 is 5.49. The third kappa shape index (κ3) is 4.65. The van der Waals surface area contributed by atoms with Gasteiger partial charge >= 0.3 is 5.97 Å². The minimum absolute atomic E-state index is 0.337. The third-order valence-corrected chi connectivity index (χ3v) is 5.99. The van der Waals surface area contributed by atoms with Gasteiger partial charge in [0.25, 0.3) is 5.91 Å². The number of ether oxygens (including phenoxy) is 1. The Bertz CT molecular complexity index is 1170. The maximum Gasteiger partial charge on any atom is 0.339 e. The number of aryl methyl sites for hydroxylation is 2. The van der Waals surface area contributed by atoms with Crippen molar-refractivity contribution in [2.45, 2.75) is 40.2 Å². The molecule has 6 nitrogen and oxygen atoms in total. The molecular formula is C26H29N3O3. The lowest BCUT2D eigenvalue weighted by atomic mass is 9.95. The van der Waals surface area contributed by atoms with Crippen molar-refractivity contribution in [2.24, 2.45) is 0 Å². The Balaban J connectivity index is 1.55. The molecule has 0 radical (unpaired) electrons. The van der Waals surface area contributed by atoms with Crippen LogP contribution in [-0.4, -0.2) is 41.5 Å². The van der Waals surface area contributed by atoms with Crippen LogP contribution >= 0.6 is 0 Å². The first-order valence-corrected chi connectivity index (χ1v) is 11.1. The summed E-state index contributed by atoms with van der Waals surface area (Å²) in [5.41, 5.74) is 6.11. The van der Waals surface area contributed by atoms with Gasteiger partial charge < -0.3 is 10.1 Å². The average molecular weight is 432 g/mol. The van der Waals surface area contributed by atoms with Crippen LogP contribution in [0.3, 0.4) is 0 Å². The van der Waals surface area contributed by atoms with E-state index < -0.39 is 5.97 Å². The number of aromatic nitrogens is 1. The molecule has 1 aliphatic rings. The number of nitrogens with one attached hydrogen (secondary N) is 1. The van der Waals surface area contributed by atoms with Crippen LogP contribution in [0, 0.1) is 13.8 Å². The van der Waals surface area contributed by atoms with Crippen molar-refractivity contribution >= 4 is 28.5 Å². The Morgan fingerprint density at radius 2 is 1.94 bits per heavy atom. The van der Waals surface area contributed by atoms with Gasteiger partial charge in [-0.3, -0.25) is 14.7 Å². The van der Waals surface area contributed by atoms with Gasteiger partial charge in [-0.05, 0) is 56.1 Å². The molecule has 1 aromatic heterocycles. The number of hydrogen-bond acceptors (Lipinski definition) is 5. The van der Waals surface area contributed by atoms with E-state index >= 15 is 0 Å². The Kier molecular flexibility index (Phi) is 6.51. The summed E-state index contributed by atoms with van der Waals surface area (Å²) in [6.45, 7) is 8.39. The number of nitrogens with zero attached hydrogens (tertiary/aromatic N) is 2. The van der Waals surface area contributed by atoms with Gasteiger partial charge in [-0.1, -0.05) is 31.2 Å². The molecular weight excluding hydrogens is 402 g/mol. The van der Waals surface area contributed by atoms with Crippen molar-refractivity contribution in [3.05, 3.63) is 70.4 Å². The number of amides is 1. The smallest absolute Gasteiger partial charge is 0.339 e. The van der Waals surface area contributed by atoms with Gasteiger partial charge in [0, 0.05) is 41.8 Å². The minimum atomic E-state index is -0.478. The normalized spacial score (nSPS) is 13.6. The van der Waals surface area contributed by atoms with Crippen molar-refractivity contribution in [1.82, 2.24) is 9.88 Å². The molecule has 3 aromatic rings. The van der Waals surface area contributed by atoms with E-state index in [2.05, 4.69) is 17.1 Å². The number of rotatable bonds is 6. The molecule has 1 N–H and O–H groups in total. The van der Waals surface area contributed by atoms with Crippen molar-refractivity contribution < 1.29 is 14.3 Å². The number of pyridine rings is 1. The largest absolute Gasteiger partial charge is 0.452 e. The molecule has 0 saturated heterocycles. The Hall–Kier alpha value is -3.25. The van der Waals surface area contributed by atoms with E-state index in [-0.39, 0.29) is 12.5 Å². The molecule has 1 aliphatic heterocycles. The van der Waals surface area contributed by atoms with E-state index in [0.29, 0.717) is 17.8 Å². The SMILES string of the molecule is CCCN1CCc2nc3ccccc3c(C(=O)OCC(=O)Nc3ccc(C)c(C)c3)c2C1. The highest BCUT2D eigenvalue weighted by atomic mass is 16.5. The highest BCUT2D eigenvalue weighted by Crippen LogP contribution is 2.29. The molecule has 0 spiro atoms. The highest BCUT2D eigenvalue weighted by molar-refractivity contribution is 6.06. The maximum absolute atomic E-state index is 13.2. The first-order chi connectivity index (χ1) is 15.5. The molecule has 4 rings (SSSR count). The number of carbonyl (C=O) groups excluding carboxylic acids is 2. The molecule has 166 valence electrons. The number of carbonyl (C=O) groups is 2. The lowest BCUT2D eigenvalue weighted by molar-refractivity contribution is -0.119. The van der Waals surface area contributed by atoms with E-state index in [4.69, 9.17) is 9.72 Å². The summed E-state index contributed by atoms with van der Waals surface area (Å²) in [5, 5.41) is 3.57. The van der Waals surface area contributed by atoms with E-state index in [0.717, 1.165) is 59.2 Å². The number of fused-ring (bicyclic) bond motifs is 2. The summed E-state index contributed by atoms with van der Waals surface area (Å²) in [4.78, 5) is 32.8. The van der Waals surface area contributed by atoms with Crippen LogP contribution in [0.2, 0.25) is 0 Å². The molecule has 0 bridgehead atoms. The lowest BCUT2D eigenvalue weighted by Gasteiger charge is -2.29. The van der Waals surface area contributed by atoms with Crippen LogP contribution in [-0.2, 0) is 22.5 Å². The van der Waals surface area contributed by atoms with E-state index in [9.17, 15) is 9.59 Å². The zero-order valence-electron chi connectivity index (χ0n) is 18.9. The number of hydrogen-bond donors (Lipinski definition) is 1. The molecule has 6 heteroatoms. The second-order valence-corrected chi connectivity index (χ2v) is 8.38. The van der Waals surface area contributed by atoms with Crippen molar-refractivity contribution in [3.8, 4) is 0 Å². The second kappa shape index (κ2) is 9.49. The van der Waals surface area contributed by atoms with Gasteiger partial charge in [0.1, 0.15) is 0 Å². The fraction of sp³-hybridized carbons (Fsp3) is 0.346. The molecule has 0 aliphatic carbocycles. The molecule has 0 saturated carbocycles. The van der Waals surface area contributed by atoms with Gasteiger partial charge in [0.05, 0.1) is 11.1 Å². The average Bonchev–Trinajstić information content (AvgIpc) is 2.78. The van der Waals surface area contributed by atoms with Crippen LogP contribution in [0.5, 0.6) is 0 Å². The Morgan fingerprint density at radius 3 is 2.72 bits per heavy atom. The summed E-state index contributed by atoms with van der Waals surface area (Å²) in [6, 6.07) is 13.3. The first kappa shape index (κ1) is 22.0. The zero-order chi connectivity index (χ0) is 22.7. The number of anilines is 1. The Labute approximate surface area is 188 Å². The summed E-state index contributed by atoms with van der Waals surface area (Å²) in [6.07, 6.45) is 1.85. The van der Waals surface area contributed by atoms with Crippen molar-refractivity contribution in [3.63, 3.8) is 0 Å². The predicted octanol–water partition coefficient (Wildman–Crippen LogP) is 4.42. The zero-order valence-corrected chi connectivity index (χ0v) is 18.9. The van der Waals surface area contributed by atoms with E-state index in [1.54, 1.807) is 0 Å². The third-order valence-electron chi connectivity index (χ3n) is 5.99. The van der Waals surface area contributed by atoms with Gasteiger partial charge in [-0.2, -0.15) is 0 Å². The van der Waals surface area contributed by atoms with Crippen LogP contribution in [0.15, 0.2) is 42.5 Å². The molecule has 0 fully saturated rings. The van der Waals surface area contributed by atoms with Gasteiger partial charge in [0.15, 0.2) is 6.61 Å².